The van der Waals surface area contributed by atoms with Crippen molar-refractivity contribution in [1.82, 2.24) is 15.0 Å². The van der Waals surface area contributed by atoms with E-state index in [2.05, 4.69) is 10.3 Å². The fraction of sp³-hybridized carbons (Fsp3) is 0.118. The Labute approximate surface area is 142 Å². The molecule has 3 rings (SSSR count). The maximum Gasteiger partial charge on any atom is 0.338 e. The molecule has 0 spiro atoms. The molecule has 0 atom stereocenters. The number of carbonyl (C=O) groups is 1. The van der Waals surface area contributed by atoms with Gasteiger partial charge in [-0.25, -0.2) is 9.48 Å². The van der Waals surface area contributed by atoms with Gasteiger partial charge in [0.2, 0.25) is 0 Å². The van der Waals surface area contributed by atoms with Crippen molar-refractivity contribution in [3.63, 3.8) is 0 Å². The summed E-state index contributed by atoms with van der Waals surface area (Å²) in [4.78, 5) is 22.1. The minimum atomic E-state index is -0.446. The molecule has 126 valence electrons. The van der Waals surface area contributed by atoms with E-state index in [0.29, 0.717) is 17.8 Å². The lowest BCUT2D eigenvalue weighted by Gasteiger charge is -2.02. The highest BCUT2D eigenvalue weighted by Gasteiger charge is 2.09. The average molecular weight is 338 g/mol. The summed E-state index contributed by atoms with van der Waals surface area (Å²) in [5, 5.41) is 18.6. The quantitative estimate of drug-likeness (QED) is 0.389. The number of hydrogen-bond acceptors (Lipinski definition) is 6. The molecule has 3 aromatic rings. The van der Waals surface area contributed by atoms with Gasteiger partial charge in [-0.2, -0.15) is 0 Å². The van der Waals surface area contributed by atoms with E-state index in [1.165, 1.54) is 12.1 Å². The fourth-order valence-electron chi connectivity index (χ4n) is 2.19. The molecule has 2 aromatic carbocycles. The van der Waals surface area contributed by atoms with E-state index in [9.17, 15) is 14.9 Å². The van der Waals surface area contributed by atoms with E-state index in [-0.39, 0.29) is 12.3 Å². The number of nitro groups is 1. The van der Waals surface area contributed by atoms with Crippen molar-refractivity contribution in [2.75, 3.05) is 0 Å². The van der Waals surface area contributed by atoms with Crippen LogP contribution in [0.1, 0.15) is 21.6 Å². The summed E-state index contributed by atoms with van der Waals surface area (Å²) in [5.74, 6) is -0.425. The second-order valence-electron chi connectivity index (χ2n) is 5.27. The number of nitrogens with zero attached hydrogens (tertiary/aromatic N) is 4. The molecule has 0 N–H and O–H groups in total. The number of carbonyl (C=O) groups excluding carboxylic acids is 1. The molecule has 0 saturated heterocycles. The van der Waals surface area contributed by atoms with Crippen LogP contribution in [0.2, 0.25) is 0 Å². The molecule has 0 bridgehead atoms. The van der Waals surface area contributed by atoms with E-state index in [1.54, 1.807) is 47.3 Å². The molecule has 0 fully saturated rings. The number of aromatic nitrogens is 3. The second kappa shape index (κ2) is 7.35. The van der Waals surface area contributed by atoms with Crippen LogP contribution < -0.4 is 0 Å². The van der Waals surface area contributed by atoms with E-state index < -0.39 is 10.9 Å². The van der Waals surface area contributed by atoms with Gasteiger partial charge in [0.15, 0.2) is 0 Å². The summed E-state index contributed by atoms with van der Waals surface area (Å²) in [5.41, 5.74) is 1.88. The van der Waals surface area contributed by atoms with Gasteiger partial charge in [-0.1, -0.05) is 35.5 Å². The maximum absolute atomic E-state index is 11.9. The monoisotopic (exact) mass is 338 g/mol. The number of ether oxygens (including phenoxy) is 1. The first kappa shape index (κ1) is 16.3. The Kier molecular flexibility index (Phi) is 4.79. The third-order valence-electron chi connectivity index (χ3n) is 3.44. The Bertz CT molecular complexity index is 875. The van der Waals surface area contributed by atoms with Gasteiger partial charge in [0.05, 0.1) is 23.2 Å². The predicted octanol–water partition coefficient (Wildman–Crippen LogP) is 2.59. The van der Waals surface area contributed by atoms with Gasteiger partial charge in [-0.05, 0) is 17.7 Å². The summed E-state index contributed by atoms with van der Waals surface area (Å²) < 4.78 is 6.77. The van der Waals surface area contributed by atoms with Crippen molar-refractivity contribution in [3.8, 4) is 0 Å². The first-order chi connectivity index (χ1) is 12.1. The zero-order valence-corrected chi connectivity index (χ0v) is 13.1. The molecular weight excluding hydrogens is 324 g/mol. The standard InChI is InChI=1S/C17H14N4O4/c22-17(14-4-2-1-3-5-14)25-12-15-11-20(19-18-15)10-13-6-8-16(9-7-13)21(23)24/h1-9,11H,10,12H2. The van der Waals surface area contributed by atoms with Gasteiger partial charge in [0.1, 0.15) is 12.3 Å². The molecule has 1 aromatic heterocycles. The minimum Gasteiger partial charge on any atom is -0.455 e. The zero-order valence-electron chi connectivity index (χ0n) is 13.1. The molecule has 25 heavy (non-hydrogen) atoms. The van der Waals surface area contributed by atoms with Gasteiger partial charge in [-0.3, -0.25) is 10.1 Å². The highest BCUT2D eigenvalue weighted by molar-refractivity contribution is 5.89. The van der Waals surface area contributed by atoms with Crippen molar-refractivity contribution in [2.45, 2.75) is 13.2 Å². The number of non-ortho nitro benzene ring substituents is 1. The average Bonchev–Trinajstić information content (AvgIpc) is 3.08. The topological polar surface area (TPSA) is 100 Å². The van der Waals surface area contributed by atoms with Crippen molar-refractivity contribution in [1.29, 1.82) is 0 Å². The normalized spacial score (nSPS) is 10.4. The minimum absolute atomic E-state index is 0.0218. The Morgan fingerprint density at radius 3 is 2.52 bits per heavy atom. The molecule has 0 amide bonds. The summed E-state index contributed by atoms with van der Waals surface area (Å²) in [7, 11) is 0. The van der Waals surface area contributed by atoms with Crippen LogP contribution in [0.5, 0.6) is 0 Å². The van der Waals surface area contributed by atoms with Gasteiger partial charge >= 0.3 is 5.97 Å². The summed E-state index contributed by atoms with van der Waals surface area (Å²) in [6, 6.07) is 14.9. The molecule has 8 heteroatoms. The predicted molar refractivity (Wildman–Crippen MR) is 87.8 cm³/mol. The lowest BCUT2D eigenvalue weighted by molar-refractivity contribution is -0.384. The second-order valence-corrected chi connectivity index (χ2v) is 5.27. The van der Waals surface area contributed by atoms with E-state index in [0.717, 1.165) is 5.56 Å². The third kappa shape index (κ3) is 4.25. The van der Waals surface area contributed by atoms with Crippen LogP contribution in [0.4, 0.5) is 5.69 Å². The third-order valence-corrected chi connectivity index (χ3v) is 3.44. The van der Waals surface area contributed by atoms with E-state index in [1.807, 2.05) is 6.07 Å². The summed E-state index contributed by atoms with van der Waals surface area (Å²) in [6.45, 7) is 0.436. The molecule has 0 unspecified atom stereocenters. The van der Waals surface area contributed by atoms with Crippen LogP contribution in [0.3, 0.4) is 0 Å². The summed E-state index contributed by atoms with van der Waals surface area (Å²) >= 11 is 0. The zero-order chi connectivity index (χ0) is 17.6. The van der Waals surface area contributed by atoms with E-state index in [4.69, 9.17) is 4.74 Å². The molecule has 0 aliphatic heterocycles. The fourth-order valence-corrected chi connectivity index (χ4v) is 2.19. The van der Waals surface area contributed by atoms with Gasteiger partial charge in [-0.15, -0.1) is 5.10 Å². The molecule has 0 aliphatic carbocycles. The Balaban J connectivity index is 1.57. The number of rotatable bonds is 6. The largest absolute Gasteiger partial charge is 0.455 e. The maximum atomic E-state index is 11.9. The van der Waals surface area contributed by atoms with Crippen molar-refractivity contribution in [2.24, 2.45) is 0 Å². The van der Waals surface area contributed by atoms with Crippen molar-refractivity contribution in [3.05, 3.63) is 87.7 Å². The Hall–Kier alpha value is -3.55. The van der Waals surface area contributed by atoms with Crippen molar-refractivity contribution >= 4 is 11.7 Å². The molecule has 1 heterocycles. The smallest absolute Gasteiger partial charge is 0.338 e. The van der Waals surface area contributed by atoms with Crippen LogP contribution in [-0.4, -0.2) is 25.9 Å². The van der Waals surface area contributed by atoms with Gasteiger partial charge in [0, 0.05) is 12.1 Å². The van der Waals surface area contributed by atoms with Crippen LogP contribution >= 0.6 is 0 Å². The molecule has 0 saturated carbocycles. The van der Waals surface area contributed by atoms with E-state index >= 15 is 0 Å². The van der Waals surface area contributed by atoms with Gasteiger partial charge < -0.3 is 4.74 Å². The lowest BCUT2D eigenvalue weighted by Crippen LogP contribution is -2.05. The Morgan fingerprint density at radius 2 is 1.84 bits per heavy atom. The molecular formula is C17H14N4O4. The van der Waals surface area contributed by atoms with Crippen LogP contribution in [0.25, 0.3) is 0 Å². The first-order valence-corrected chi connectivity index (χ1v) is 7.46. The number of benzene rings is 2. The van der Waals surface area contributed by atoms with Gasteiger partial charge in [0.25, 0.3) is 5.69 Å². The van der Waals surface area contributed by atoms with Crippen molar-refractivity contribution < 1.29 is 14.5 Å². The first-order valence-electron chi connectivity index (χ1n) is 7.46. The molecule has 0 radical (unpaired) electrons. The van der Waals surface area contributed by atoms with Crippen LogP contribution in [0.15, 0.2) is 60.8 Å². The van der Waals surface area contributed by atoms with Crippen LogP contribution in [-0.2, 0) is 17.9 Å². The lowest BCUT2D eigenvalue weighted by atomic mass is 10.2. The number of esters is 1. The molecule has 8 nitrogen and oxygen atoms in total. The molecule has 0 aliphatic rings. The van der Waals surface area contributed by atoms with Crippen LogP contribution in [0, 0.1) is 10.1 Å². The highest BCUT2D eigenvalue weighted by atomic mass is 16.6. The highest BCUT2D eigenvalue weighted by Crippen LogP contribution is 2.13. The summed E-state index contributed by atoms with van der Waals surface area (Å²) in [6.07, 6.45) is 1.67. The number of nitro benzene ring substituents is 1. The Morgan fingerprint density at radius 1 is 1.12 bits per heavy atom. The number of hydrogen-bond donors (Lipinski definition) is 0. The SMILES string of the molecule is O=C(OCc1cn(Cc2ccc([N+](=O)[O-])cc2)nn1)c1ccccc1.